The number of aromatic nitrogens is 2. The summed E-state index contributed by atoms with van der Waals surface area (Å²) in [5.74, 6) is 0.410. The quantitative estimate of drug-likeness (QED) is 0.428. The highest BCUT2D eigenvalue weighted by atomic mass is 32.2. The van der Waals surface area contributed by atoms with E-state index in [9.17, 15) is 9.59 Å². The first-order valence-electron chi connectivity index (χ1n) is 10.4. The summed E-state index contributed by atoms with van der Waals surface area (Å²) >= 11 is 2.90. The van der Waals surface area contributed by atoms with Crippen LogP contribution in [0.25, 0.3) is 15.9 Å². The summed E-state index contributed by atoms with van der Waals surface area (Å²) in [6.07, 6.45) is 3.30. The summed E-state index contributed by atoms with van der Waals surface area (Å²) in [7, 11) is 0. The van der Waals surface area contributed by atoms with Crippen molar-refractivity contribution in [1.82, 2.24) is 14.5 Å². The van der Waals surface area contributed by atoms with E-state index in [1.807, 2.05) is 49.9 Å². The highest BCUT2D eigenvalue weighted by Gasteiger charge is 2.24. The Bertz CT molecular complexity index is 1150. The Balaban J connectivity index is 1.74. The van der Waals surface area contributed by atoms with Crippen molar-refractivity contribution in [3.05, 3.63) is 50.6 Å². The molecule has 3 aromatic rings. The normalized spacial score (nSPS) is 16.9. The predicted octanol–water partition coefficient (Wildman–Crippen LogP) is 4.87. The summed E-state index contributed by atoms with van der Waals surface area (Å²) in [5.41, 5.74) is 2.84. The van der Waals surface area contributed by atoms with Gasteiger partial charge in [0.25, 0.3) is 5.56 Å². The Hall–Kier alpha value is -2.12. The van der Waals surface area contributed by atoms with Crippen LogP contribution in [0, 0.1) is 20.8 Å². The number of benzene rings is 1. The number of amides is 1. The highest BCUT2D eigenvalue weighted by molar-refractivity contribution is 7.99. The van der Waals surface area contributed by atoms with E-state index in [-0.39, 0.29) is 23.3 Å². The molecule has 3 heterocycles. The molecule has 1 aliphatic rings. The summed E-state index contributed by atoms with van der Waals surface area (Å²) in [6, 6.07) is 8.15. The van der Waals surface area contributed by atoms with Crippen LogP contribution in [0.1, 0.15) is 42.2 Å². The van der Waals surface area contributed by atoms with Gasteiger partial charge in [-0.2, -0.15) is 0 Å². The number of thioether (sulfide) groups is 1. The number of hydrogen-bond donors (Lipinski definition) is 0. The van der Waals surface area contributed by atoms with Crippen LogP contribution < -0.4 is 5.56 Å². The van der Waals surface area contributed by atoms with E-state index in [1.54, 1.807) is 15.9 Å². The number of hydrogen-bond acceptors (Lipinski definition) is 5. The van der Waals surface area contributed by atoms with Crippen molar-refractivity contribution < 1.29 is 4.79 Å². The second kappa shape index (κ2) is 8.55. The number of likely N-dealkylation sites (tertiary alicyclic amines) is 1. The maximum Gasteiger partial charge on any atom is 0.267 e. The fourth-order valence-corrected chi connectivity index (χ4v) is 5.94. The zero-order valence-corrected chi connectivity index (χ0v) is 19.5. The van der Waals surface area contributed by atoms with Gasteiger partial charge in [0, 0.05) is 17.5 Å². The van der Waals surface area contributed by atoms with Gasteiger partial charge in [-0.05, 0) is 64.7 Å². The lowest BCUT2D eigenvalue weighted by atomic mass is 10.0. The second-order valence-corrected chi connectivity index (χ2v) is 10.2. The van der Waals surface area contributed by atoms with E-state index in [1.165, 1.54) is 18.2 Å². The van der Waals surface area contributed by atoms with Crippen molar-refractivity contribution >= 4 is 39.2 Å². The lowest BCUT2D eigenvalue weighted by molar-refractivity contribution is -0.131. The van der Waals surface area contributed by atoms with E-state index < -0.39 is 0 Å². The molecule has 0 unspecified atom stereocenters. The fraction of sp³-hybridized carbons (Fsp3) is 0.435. The molecule has 30 heavy (non-hydrogen) atoms. The third-order valence-corrected chi connectivity index (χ3v) is 7.94. The van der Waals surface area contributed by atoms with Crippen LogP contribution in [0.3, 0.4) is 0 Å². The lowest BCUT2D eigenvalue weighted by Gasteiger charge is -2.33. The van der Waals surface area contributed by atoms with Gasteiger partial charge in [0.05, 0.1) is 16.8 Å². The Morgan fingerprint density at radius 1 is 1.20 bits per heavy atom. The van der Waals surface area contributed by atoms with Crippen LogP contribution in [0.2, 0.25) is 0 Å². The van der Waals surface area contributed by atoms with Crippen molar-refractivity contribution in [3.8, 4) is 5.69 Å². The van der Waals surface area contributed by atoms with Gasteiger partial charge in [-0.25, -0.2) is 4.98 Å². The summed E-state index contributed by atoms with van der Waals surface area (Å²) in [6.45, 7) is 8.96. The standard InChI is InChI=1S/C23H27N3O2S2/c1-14-8-10-18(11-9-14)26-22(28)20-16(3)17(4)30-21(20)24-23(26)29-13-19(27)25-12-6-5-7-15(25)2/h8-11,15H,5-7,12-13H2,1-4H3/t15-/m1/s1. The molecule has 4 rings (SSSR count). The molecule has 1 saturated heterocycles. The first kappa shape index (κ1) is 21.1. The van der Waals surface area contributed by atoms with E-state index in [2.05, 4.69) is 6.92 Å². The fourth-order valence-electron chi connectivity index (χ4n) is 3.97. The van der Waals surface area contributed by atoms with Gasteiger partial charge in [0.1, 0.15) is 4.83 Å². The molecule has 0 spiro atoms. The number of rotatable bonds is 4. The van der Waals surface area contributed by atoms with E-state index in [4.69, 9.17) is 4.98 Å². The Morgan fingerprint density at radius 2 is 1.93 bits per heavy atom. The van der Waals surface area contributed by atoms with Gasteiger partial charge in [-0.3, -0.25) is 14.2 Å². The Morgan fingerprint density at radius 3 is 2.63 bits per heavy atom. The molecule has 1 atom stereocenters. The molecule has 0 bridgehead atoms. The number of carbonyl (C=O) groups is 1. The van der Waals surface area contributed by atoms with Gasteiger partial charge in [0.15, 0.2) is 5.16 Å². The maximum absolute atomic E-state index is 13.5. The van der Waals surface area contributed by atoms with Crippen molar-refractivity contribution in [2.75, 3.05) is 12.3 Å². The third kappa shape index (κ3) is 3.93. The SMILES string of the molecule is Cc1ccc(-n2c(SCC(=O)N3CCCC[C@H]3C)nc3sc(C)c(C)c3c2=O)cc1. The van der Waals surface area contributed by atoms with Gasteiger partial charge in [-0.15, -0.1) is 11.3 Å². The predicted molar refractivity (Wildman–Crippen MR) is 125 cm³/mol. The monoisotopic (exact) mass is 441 g/mol. The summed E-state index contributed by atoms with van der Waals surface area (Å²) < 4.78 is 1.67. The minimum absolute atomic E-state index is 0.0630. The zero-order chi connectivity index (χ0) is 21.4. The van der Waals surface area contributed by atoms with Crippen molar-refractivity contribution in [2.45, 2.75) is 58.2 Å². The lowest BCUT2D eigenvalue weighted by Crippen LogP contribution is -2.43. The van der Waals surface area contributed by atoms with Crippen LogP contribution >= 0.6 is 23.1 Å². The first-order chi connectivity index (χ1) is 14.4. The number of fused-ring (bicyclic) bond motifs is 1. The molecule has 0 aliphatic carbocycles. The molecule has 2 aromatic heterocycles. The molecular weight excluding hydrogens is 414 g/mol. The van der Waals surface area contributed by atoms with Gasteiger partial charge < -0.3 is 4.90 Å². The van der Waals surface area contributed by atoms with Gasteiger partial charge in [-0.1, -0.05) is 29.5 Å². The van der Waals surface area contributed by atoms with Crippen molar-refractivity contribution in [2.24, 2.45) is 0 Å². The largest absolute Gasteiger partial charge is 0.339 e. The van der Waals surface area contributed by atoms with Crippen LogP contribution in [0.15, 0.2) is 34.2 Å². The minimum atomic E-state index is -0.0630. The van der Waals surface area contributed by atoms with Crippen LogP contribution in [0.5, 0.6) is 0 Å². The van der Waals surface area contributed by atoms with E-state index >= 15 is 0 Å². The van der Waals surface area contributed by atoms with Crippen LogP contribution in [-0.2, 0) is 4.79 Å². The molecule has 1 aliphatic heterocycles. The molecule has 7 heteroatoms. The number of piperidine rings is 1. The molecule has 158 valence electrons. The molecule has 0 N–H and O–H groups in total. The minimum Gasteiger partial charge on any atom is -0.339 e. The van der Waals surface area contributed by atoms with Crippen LogP contribution in [-0.4, -0.2) is 38.7 Å². The zero-order valence-electron chi connectivity index (χ0n) is 17.9. The average Bonchev–Trinajstić information content (AvgIpc) is 3.01. The smallest absolute Gasteiger partial charge is 0.267 e. The Kier molecular flexibility index (Phi) is 6.02. The third-order valence-electron chi connectivity index (χ3n) is 5.91. The molecule has 5 nitrogen and oxygen atoms in total. The summed E-state index contributed by atoms with van der Waals surface area (Å²) in [4.78, 5) is 35.0. The molecule has 0 radical (unpaired) electrons. The molecule has 1 fully saturated rings. The van der Waals surface area contributed by atoms with E-state index in [0.29, 0.717) is 10.5 Å². The first-order valence-corrected chi connectivity index (χ1v) is 12.2. The van der Waals surface area contributed by atoms with Crippen molar-refractivity contribution in [3.63, 3.8) is 0 Å². The maximum atomic E-state index is 13.5. The Labute approximate surface area is 185 Å². The second-order valence-electron chi connectivity index (χ2n) is 8.05. The van der Waals surface area contributed by atoms with Gasteiger partial charge in [0.2, 0.25) is 5.91 Å². The number of aryl methyl sites for hydroxylation is 3. The summed E-state index contributed by atoms with van der Waals surface area (Å²) in [5, 5.41) is 1.26. The van der Waals surface area contributed by atoms with Gasteiger partial charge >= 0.3 is 0 Å². The topological polar surface area (TPSA) is 55.2 Å². The van der Waals surface area contributed by atoms with Crippen molar-refractivity contribution in [1.29, 1.82) is 0 Å². The number of carbonyl (C=O) groups excluding carboxylic acids is 1. The number of thiophene rings is 1. The molecule has 1 aromatic carbocycles. The van der Waals surface area contributed by atoms with E-state index in [0.717, 1.165) is 45.9 Å². The van der Waals surface area contributed by atoms with Crippen LogP contribution in [0.4, 0.5) is 0 Å². The average molecular weight is 442 g/mol. The molecule has 1 amide bonds. The highest BCUT2D eigenvalue weighted by Crippen LogP contribution is 2.30. The number of nitrogens with zero attached hydrogens (tertiary/aromatic N) is 3. The molecule has 0 saturated carbocycles. The molecular formula is C23H27N3O2S2.